The average Bonchev–Trinajstić information content (AvgIpc) is 3.65. The largest absolute Gasteiger partial charge is 0.368 e. The Morgan fingerprint density at radius 3 is 2.28 bits per heavy atom. The maximum Gasteiger partial charge on any atom is 0.252 e. The summed E-state index contributed by atoms with van der Waals surface area (Å²) >= 11 is 6.22. The maximum absolute atomic E-state index is 14.2. The van der Waals surface area contributed by atoms with Gasteiger partial charge < -0.3 is 14.5 Å². The van der Waals surface area contributed by atoms with Gasteiger partial charge in [-0.25, -0.2) is 0 Å². The van der Waals surface area contributed by atoms with Crippen molar-refractivity contribution in [3.63, 3.8) is 0 Å². The van der Waals surface area contributed by atoms with Crippen molar-refractivity contribution in [3.05, 3.63) is 34.9 Å². The SMILES string of the molecule is CC1(C)CCC(N(C(=O)[C@@H]2CCCO2)[C@H]2CCN(C(=O)[C@H]3CCN(C(C)(C)C)C3c3ccc(Cl)cc3)C2)CC1. The number of benzene rings is 1. The maximum atomic E-state index is 14.2. The van der Waals surface area contributed by atoms with Gasteiger partial charge in [-0.05, 0) is 95.2 Å². The second-order valence-electron chi connectivity index (χ2n) is 14.1. The van der Waals surface area contributed by atoms with Gasteiger partial charge in [-0.1, -0.05) is 37.6 Å². The molecule has 7 heteroatoms. The summed E-state index contributed by atoms with van der Waals surface area (Å²) in [7, 11) is 0. The molecule has 3 heterocycles. The summed E-state index contributed by atoms with van der Waals surface area (Å²) in [5, 5.41) is 0.714. The van der Waals surface area contributed by atoms with E-state index in [2.05, 4.69) is 61.5 Å². The van der Waals surface area contributed by atoms with Crippen LogP contribution in [0.3, 0.4) is 0 Å². The molecule has 1 aliphatic carbocycles. The molecule has 4 atom stereocenters. The van der Waals surface area contributed by atoms with Gasteiger partial charge in [-0.3, -0.25) is 14.5 Å². The van der Waals surface area contributed by atoms with Gasteiger partial charge in [0.05, 0.1) is 12.0 Å². The number of rotatable bonds is 5. The van der Waals surface area contributed by atoms with Crippen LogP contribution in [0.2, 0.25) is 5.02 Å². The molecule has 2 amide bonds. The number of halogens is 1. The van der Waals surface area contributed by atoms with Crippen molar-refractivity contribution in [2.45, 2.75) is 116 Å². The fourth-order valence-electron chi connectivity index (χ4n) is 7.54. The Kier molecular flexibility index (Phi) is 8.39. The van der Waals surface area contributed by atoms with E-state index in [0.29, 0.717) is 23.6 Å². The van der Waals surface area contributed by atoms with Crippen LogP contribution < -0.4 is 0 Å². The number of nitrogens with zero attached hydrogens (tertiary/aromatic N) is 3. The standard InChI is InChI=1S/C32H48ClN3O3/c1-31(2,3)35-19-15-26(28(35)22-8-10-23(33)11-9-22)29(37)34-18-14-25(21-34)36(30(38)27-7-6-20-39-27)24-12-16-32(4,5)17-13-24/h8-11,24-28H,6-7,12-21H2,1-5H3/t25-,26-,27-,28?/m0/s1. The lowest BCUT2D eigenvalue weighted by molar-refractivity contribution is -0.148. The van der Waals surface area contributed by atoms with Crippen LogP contribution in [-0.2, 0) is 14.3 Å². The van der Waals surface area contributed by atoms with Crippen molar-refractivity contribution in [1.29, 1.82) is 0 Å². The monoisotopic (exact) mass is 557 g/mol. The van der Waals surface area contributed by atoms with Crippen LogP contribution in [0.25, 0.3) is 0 Å². The van der Waals surface area contributed by atoms with Gasteiger partial charge in [0.15, 0.2) is 0 Å². The van der Waals surface area contributed by atoms with Crippen molar-refractivity contribution in [3.8, 4) is 0 Å². The number of hydrogen-bond acceptors (Lipinski definition) is 4. The molecule has 4 fully saturated rings. The molecule has 0 N–H and O–H groups in total. The lowest BCUT2D eigenvalue weighted by Crippen LogP contribution is -2.53. The average molecular weight is 558 g/mol. The van der Waals surface area contributed by atoms with E-state index in [4.69, 9.17) is 16.3 Å². The van der Waals surface area contributed by atoms with Gasteiger partial charge >= 0.3 is 0 Å². The molecule has 1 saturated carbocycles. The van der Waals surface area contributed by atoms with Crippen LogP contribution in [0.1, 0.15) is 97.6 Å². The van der Waals surface area contributed by atoms with Gasteiger partial charge in [0.2, 0.25) is 5.91 Å². The van der Waals surface area contributed by atoms with E-state index in [0.717, 1.165) is 70.0 Å². The predicted molar refractivity (Wildman–Crippen MR) is 156 cm³/mol. The molecule has 5 rings (SSSR count). The zero-order valence-corrected chi connectivity index (χ0v) is 25.4. The molecule has 6 nitrogen and oxygen atoms in total. The van der Waals surface area contributed by atoms with Crippen molar-refractivity contribution < 1.29 is 14.3 Å². The van der Waals surface area contributed by atoms with Crippen molar-refractivity contribution in [1.82, 2.24) is 14.7 Å². The molecule has 1 aromatic rings. The highest BCUT2D eigenvalue weighted by atomic mass is 35.5. The Morgan fingerprint density at radius 2 is 1.67 bits per heavy atom. The van der Waals surface area contributed by atoms with E-state index < -0.39 is 0 Å². The minimum absolute atomic E-state index is 0.0269. The fourth-order valence-corrected chi connectivity index (χ4v) is 7.66. The molecule has 1 unspecified atom stereocenters. The van der Waals surface area contributed by atoms with Gasteiger partial charge in [-0.15, -0.1) is 0 Å². The minimum atomic E-state index is -0.311. The Labute approximate surface area is 240 Å². The molecular weight excluding hydrogens is 510 g/mol. The quantitative estimate of drug-likeness (QED) is 0.440. The second-order valence-corrected chi connectivity index (χ2v) is 14.6. The third kappa shape index (κ3) is 6.18. The highest BCUT2D eigenvalue weighted by Crippen LogP contribution is 2.44. The van der Waals surface area contributed by atoms with E-state index in [1.807, 2.05) is 12.1 Å². The molecule has 3 saturated heterocycles. The smallest absolute Gasteiger partial charge is 0.252 e. The Bertz CT molecular complexity index is 1020. The Hall–Kier alpha value is -1.63. The van der Waals surface area contributed by atoms with Crippen LogP contribution in [0.15, 0.2) is 24.3 Å². The van der Waals surface area contributed by atoms with E-state index >= 15 is 0 Å². The summed E-state index contributed by atoms with van der Waals surface area (Å²) in [6.45, 7) is 14.3. The summed E-state index contributed by atoms with van der Waals surface area (Å²) in [5.41, 5.74) is 1.44. The summed E-state index contributed by atoms with van der Waals surface area (Å²) < 4.78 is 5.87. The number of carbonyl (C=O) groups excluding carboxylic acids is 2. The van der Waals surface area contributed by atoms with Crippen molar-refractivity contribution >= 4 is 23.4 Å². The summed E-state index contributed by atoms with van der Waals surface area (Å²) in [5.74, 6) is 0.302. The zero-order chi connectivity index (χ0) is 27.9. The summed E-state index contributed by atoms with van der Waals surface area (Å²) in [6, 6.07) is 8.38. The van der Waals surface area contributed by atoms with Crippen LogP contribution in [-0.4, -0.2) is 76.5 Å². The number of carbonyl (C=O) groups is 2. The molecule has 0 bridgehead atoms. The molecule has 3 aliphatic heterocycles. The zero-order valence-electron chi connectivity index (χ0n) is 24.6. The lowest BCUT2D eigenvalue weighted by atomic mass is 9.75. The predicted octanol–water partition coefficient (Wildman–Crippen LogP) is 6.08. The first-order valence-electron chi connectivity index (χ1n) is 15.2. The number of amides is 2. The first-order valence-corrected chi connectivity index (χ1v) is 15.6. The number of likely N-dealkylation sites (tertiary alicyclic amines) is 2. The van der Waals surface area contributed by atoms with E-state index in [-0.39, 0.29) is 47.5 Å². The molecule has 4 aliphatic rings. The third-order valence-electron chi connectivity index (χ3n) is 9.82. The van der Waals surface area contributed by atoms with E-state index in [1.54, 1.807) is 0 Å². The summed E-state index contributed by atoms with van der Waals surface area (Å²) in [6.07, 6.45) is 7.51. The molecule has 216 valence electrons. The molecule has 0 spiro atoms. The minimum Gasteiger partial charge on any atom is -0.368 e. The topological polar surface area (TPSA) is 53.1 Å². The lowest BCUT2D eigenvalue weighted by Gasteiger charge is -2.43. The molecule has 1 aromatic carbocycles. The molecule has 0 radical (unpaired) electrons. The number of hydrogen-bond donors (Lipinski definition) is 0. The van der Waals surface area contributed by atoms with Gasteiger partial charge in [0, 0.05) is 48.9 Å². The van der Waals surface area contributed by atoms with Crippen LogP contribution in [0.5, 0.6) is 0 Å². The second kappa shape index (κ2) is 11.3. The van der Waals surface area contributed by atoms with E-state index in [1.165, 1.54) is 0 Å². The molecular formula is C32H48ClN3O3. The third-order valence-corrected chi connectivity index (χ3v) is 10.1. The van der Waals surface area contributed by atoms with Gasteiger partial charge in [0.25, 0.3) is 5.91 Å². The highest BCUT2D eigenvalue weighted by molar-refractivity contribution is 6.30. The Morgan fingerprint density at radius 1 is 0.974 bits per heavy atom. The Balaban J connectivity index is 1.34. The van der Waals surface area contributed by atoms with Gasteiger partial charge in [-0.2, -0.15) is 0 Å². The normalized spacial score (nSPS) is 30.2. The number of ether oxygens (including phenoxy) is 1. The highest BCUT2D eigenvalue weighted by Gasteiger charge is 2.47. The first kappa shape index (κ1) is 28.9. The van der Waals surface area contributed by atoms with Crippen molar-refractivity contribution in [2.75, 3.05) is 26.2 Å². The summed E-state index contributed by atoms with van der Waals surface area (Å²) in [4.78, 5) is 34.7. The van der Waals surface area contributed by atoms with Crippen molar-refractivity contribution in [2.24, 2.45) is 11.3 Å². The van der Waals surface area contributed by atoms with Gasteiger partial charge in [0.1, 0.15) is 6.10 Å². The van der Waals surface area contributed by atoms with Crippen LogP contribution >= 0.6 is 11.6 Å². The molecule has 39 heavy (non-hydrogen) atoms. The molecule has 0 aromatic heterocycles. The van der Waals surface area contributed by atoms with Crippen LogP contribution in [0.4, 0.5) is 0 Å². The van der Waals surface area contributed by atoms with Crippen LogP contribution in [0, 0.1) is 11.3 Å². The first-order chi connectivity index (χ1) is 18.4. The fraction of sp³-hybridized carbons (Fsp3) is 0.750. The van der Waals surface area contributed by atoms with E-state index in [9.17, 15) is 9.59 Å².